The zero-order valence-electron chi connectivity index (χ0n) is 11.5. The zero-order chi connectivity index (χ0) is 13.8. The number of rotatable bonds is 4. The van der Waals surface area contributed by atoms with E-state index in [1.165, 1.54) is 0 Å². The van der Waals surface area contributed by atoms with Crippen molar-refractivity contribution in [3.05, 3.63) is 30.1 Å². The molecule has 5 nitrogen and oxygen atoms in total. The van der Waals surface area contributed by atoms with Crippen molar-refractivity contribution < 1.29 is 9.90 Å². The number of amides is 1. The number of hydrogen-bond donors (Lipinski definition) is 1. The first-order chi connectivity index (χ1) is 9.11. The van der Waals surface area contributed by atoms with Gasteiger partial charge in [0.1, 0.15) is 0 Å². The summed E-state index contributed by atoms with van der Waals surface area (Å²) in [5, 5.41) is 9.44. The van der Waals surface area contributed by atoms with Gasteiger partial charge >= 0.3 is 0 Å². The molecule has 1 aromatic heterocycles. The second-order valence-corrected chi connectivity index (χ2v) is 5.30. The van der Waals surface area contributed by atoms with Gasteiger partial charge in [0, 0.05) is 52.5 Å². The summed E-state index contributed by atoms with van der Waals surface area (Å²) < 4.78 is 0. The lowest BCUT2D eigenvalue weighted by Crippen LogP contribution is -2.35. The van der Waals surface area contributed by atoms with E-state index in [9.17, 15) is 9.90 Å². The van der Waals surface area contributed by atoms with Crippen molar-refractivity contribution >= 4 is 5.91 Å². The van der Waals surface area contributed by atoms with Gasteiger partial charge in [-0.3, -0.25) is 14.7 Å². The molecule has 0 radical (unpaired) electrons. The Morgan fingerprint density at radius 3 is 2.84 bits per heavy atom. The highest BCUT2D eigenvalue weighted by Gasteiger charge is 2.37. The van der Waals surface area contributed by atoms with E-state index < -0.39 is 0 Å². The minimum absolute atomic E-state index is 0.0265. The van der Waals surface area contributed by atoms with Gasteiger partial charge in [-0.25, -0.2) is 0 Å². The minimum atomic E-state index is -0.108. The summed E-state index contributed by atoms with van der Waals surface area (Å²) in [6, 6.07) is 5.84. The number of aromatic nitrogens is 1. The standard InChI is InChI=1S/C14H21N3O2/c1-16(2)14(19)13-9-17(7-11(13)10-18)8-12-5-3-4-6-15-12/h3-6,11,13,18H,7-10H2,1-2H3/t11-,13+/m0/s1. The van der Waals surface area contributed by atoms with Crippen molar-refractivity contribution in [2.24, 2.45) is 11.8 Å². The molecular formula is C14H21N3O2. The van der Waals surface area contributed by atoms with Gasteiger partial charge < -0.3 is 10.0 Å². The van der Waals surface area contributed by atoms with Crippen LogP contribution in [0.4, 0.5) is 0 Å². The van der Waals surface area contributed by atoms with Gasteiger partial charge in [0.2, 0.25) is 5.91 Å². The van der Waals surface area contributed by atoms with E-state index >= 15 is 0 Å². The quantitative estimate of drug-likeness (QED) is 0.844. The van der Waals surface area contributed by atoms with Crippen LogP contribution >= 0.6 is 0 Å². The summed E-state index contributed by atoms with van der Waals surface area (Å²) in [4.78, 5) is 20.2. The highest BCUT2D eigenvalue weighted by atomic mass is 16.3. The molecule has 0 bridgehead atoms. The van der Waals surface area contributed by atoms with Crippen LogP contribution in [0, 0.1) is 11.8 Å². The number of nitrogens with zero attached hydrogens (tertiary/aromatic N) is 3. The number of aliphatic hydroxyl groups excluding tert-OH is 1. The summed E-state index contributed by atoms with van der Waals surface area (Å²) >= 11 is 0. The fourth-order valence-electron chi connectivity index (χ4n) is 2.61. The highest BCUT2D eigenvalue weighted by molar-refractivity contribution is 5.79. The third-order valence-electron chi connectivity index (χ3n) is 3.62. The SMILES string of the molecule is CN(C)C(=O)[C@@H]1CN(Cc2ccccn2)C[C@H]1CO. The Balaban J connectivity index is 2.01. The lowest BCUT2D eigenvalue weighted by atomic mass is 9.96. The number of aliphatic hydroxyl groups is 1. The maximum absolute atomic E-state index is 12.1. The molecule has 2 heterocycles. The van der Waals surface area contributed by atoms with E-state index in [1.54, 1.807) is 25.2 Å². The Morgan fingerprint density at radius 2 is 2.26 bits per heavy atom. The third kappa shape index (κ3) is 3.30. The largest absolute Gasteiger partial charge is 0.396 e. The Hall–Kier alpha value is -1.46. The van der Waals surface area contributed by atoms with E-state index in [0.29, 0.717) is 6.54 Å². The molecule has 1 N–H and O–H groups in total. The van der Waals surface area contributed by atoms with Gasteiger partial charge in [0.05, 0.1) is 11.6 Å². The summed E-state index contributed by atoms with van der Waals surface area (Å²) in [7, 11) is 3.52. The molecule has 104 valence electrons. The first kappa shape index (κ1) is 14.0. The Morgan fingerprint density at radius 1 is 1.47 bits per heavy atom. The van der Waals surface area contributed by atoms with Crippen LogP contribution in [-0.2, 0) is 11.3 Å². The van der Waals surface area contributed by atoms with Gasteiger partial charge in [0.25, 0.3) is 0 Å². The Kier molecular flexibility index (Phi) is 4.50. The number of likely N-dealkylation sites (tertiary alicyclic amines) is 1. The van der Waals surface area contributed by atoms with E-state index in [4.69, 9.17) is 0 Å². The van der Waals surface area contributed by atoms with Crippen LogP contribution in [0.1, 0.15) is 5.69 Å². The van der Waals surface area contributed by atoms with Gasteiger partial charge in [-0.2, -0.15) is 0 Å². The van der Waals surface area contributed by atoms with Crippen molar-refractivity contribution in [1.82, 2.24) is 14.8 Å². The maximum atomic E-state index is 12.1. The van der Waals surface area contributed by atoms with Crippen molar-refractivity contribution in [2.75, 3.05) is 33.8 Å². The third-order valence-corrected chi connectivity index (χ3v) is 3.62. The van der Waals surface area contributed by atoms with Gasteiger partial charge in [-0.05, 0) is 12.1 Å². The van der Waals surface area contributed by atoms with Crippen LogP contribution in [-0.4, -0.2) is 59.6 Å². The van der Waals surface area contributed by atoms with Gasteiger partial charge in [-0.15, -0.1) is 0 Å². The summed E-state index contributed by atoms with van der Waals surface area (Å²) in [6.07, 6.45) is 1.78. The van der Waals surface area contributed by atoms with Crippen LogP contribution in [0.2, 0.25) is 0 Å². The molecule has 0 unspecified atom stereocenters. The normalized spacial score (nSPS) is 23.5. The van der Waals surface area contributed by atoms with Gasteiger partial charge in [0.15, 0.2) is 0 Å². The first-order valence-corrected chi connectivity index (χ1v) is 6.56. The molecular weight excluding hydrogens is 242 g/mol. The van der Waals surface area contributed by atoms with Gasteiger partial charge in [-0.1, -0.05) is 6.07 Å². The smallest absolute Gasteiger partial charge is 0.226 e. The number of hydrogen-bond acceptors (Lipinski definition) is 4. The van der Waals surface area contributed by atoms with E-state index in [0.717, 1.165) is 18.8 Å². The number of carbonyl (C=O) groups excluding carboxylic acids is 1. The second kappa shape index (κ2) is 6.12. The summed E-state index contributed by atoms with van der Waals surface area (Å²) in [5.74, 6) is 0.0184. The lowest BCUT2D eigenvalue weighted by Gasteiger charge is -2.19. The molecule has 0 saturated carbocycles. The lowest BCUT2D eigenvalue weighted by molar-refractivity contribution is -0.134. The molecule has 1 saturated heterocycles. The average molecular weight is 263 g/mol. The predicted octanol–water partition coefficient (Wildman–Crippen LogP) is 0.210. The molecule has 1 amide bonds. The monoisotopic (exact) mass is 263 g/mol. The van der Waals surface area contributed by atoms with Crippen LogP contribution in [0.5, 0.6) is 0 Å². The van der Waals surface area contributed by atoms with Crippen molar-refractivity contribution in [1.29, 1.82) is 0 Å². The van der Waals surface area contributed by atoms with Crippen molar-refractivity contribution in [3.63, 3.8) is 0 Å². The van der Waals surface area contributed by atoms with E-state index in [2.05, 4.69) is 9.88 Å². The number of pyridine rings is 1. The van der Waals surface area contributed by atoms with E-state index in [-0.39, 0.29) is 24.3 Å². The average Bonchev–Trinajstić information content (AvgIpc) is 2.81. The molecule has 1 aromatic rings. The molecule has 1 aliphatic rings. The molecule has 0 aliphatic carbocycles. The molecule has 0 aromatic carbocycles. The molecule has 1 aliphatic heterocycles. The topological polar surface area (TPSA) is 56.7 Å². The fraction of sp³-hybridized carbons (Fsp3) is 0.571. The minimum Gasteiger partial charge on any atom is -0.396 e. The summed E-state index contributed by atoms with van der Waals surface area (Å²) in [6.45, 7) is 2.23. The van der Waals surface area contributed by atoms with E-state index in [1.807, 2.05) is 18.2 Å². The number of carbonyl (C=O) groups is 1. The van der Waals surface area contributed by atoms with Crippen molar-refractivity contribution in [2.45, 2.75) is 6.54 Å². The fourth-order valence-corrected chi connectivity index (χ4v) is 2.61. The Labute approximate surface area is 113 Å². The molecule has 0 spiro atoms. The maximum Gasteiger partial charge on any atom is 0.226 e. The summed E-state index contributed by atoms with van der Waals surface area (Å²) in [5.41, 5.74) is 0.997. The Bertz CT molecular complexity index is 422. The second-order valence-electron chi connectivity index (χ2n) is 5.30. The molecule has 1 fully saturated rings. The van der Waals surface area contributed by atoms with Crippen molar-refractivity contribution in [3.8, 4) is 0 Å². The first-order valence-electron chi connectivity index (χ1n) is 6.56. The molecule has 5 heteroatoms. The zero-order valence-corrected chi connectivity index (χ0v) is 11.5. The molecule has 19 heavy (non-hydrogen) atoms. The predicted molar refractivity (Wildman–Crippen MR) is 72.3 cm³/mol. The highest BCUT2D eigenvalue weighted by Crippen LogP contribution is 2.25. The van der Waals surface area contributed by atoms with Crippen LogP contribution < -0.4 is 0 Å². The molecule has 2 rings (SSSR count). The van der Waals surface area contributed by atoms with Crippen LogP contribution in [0.25, 0.3) is 0 Å². The van der Waals surface area contributed by atoms with Crippen LogP contribution in [0.3, 0.4) is 0 Å². The molecule has 2 atom stereocenters. The van der Waals surface area contributed by atoms with Crippen LogP contribution in [0.15, 0.2) is 24.4 Å².